The average Bonchev–Trinajstić information content (AvgIpc) is 3.41. The van der Waals surface area contributed by atoms with E-state index in [0.29, 0.717) is 40.5 Å². The Balaban J connectivity index is 1.44. The summed E-state index contributed by atoms with van der Waals surface area (Å²) in [5, 5.41) is 0.749. The van der Waals surface area contributed by atoms with Gasteiger partial charge in [0.15, 0.2) is 5.16 Å². The zero-order valence-electron chi connectivity index (χ0n) is 19.1. The van der Waals surface area contributed by atoms with Crippen molar-refractivity contribution in [2.75, 3.05) is 19.4 Å². The number of methoxy groups -OCH3 is 1. The quantitative estimate of drug-likeness (QED) is 0.232. The summed E-state index contributed by atoms with van der Waals surface area (Å²) in [5.74, 6) is 0.199. The van der Waals surface area contributed by atoms with E-state index in [1.165, 1.54) is 35.1 Å². The third-order valence-electron chi connectivity index (χ3n) is 6.04. The highest BCUT2D eigenvalue weighted by Crippen LogP contribution is 2.23. The van der Waals surface area contributed by atoms with Crippen molar-refractivity contribution in [3.63, 3.8) is 0 Å². The number of fused-ring (bicyclic) bond motifs is 2. The predicted octanol–water partition coefficient (Wildman–Crippen LogP) is 3.50. The second-order valence-electron chi connectivity index (χ2n) is 8.21. The van der Waals surface area contributed by atoms with Crippen LogP contribution in [0.5, 0.6) is 0 Å². The third kappa shape index (κ3) is 4.72. The highest BCUT2D eigenvalue weighted by molar-refractivity contribution is 7.99. The van der Waals surface area contributed by atoms with Crippen molar-refractivity contribution in [2.45, 2.75) is 24.7 Å². The van der Waals surface area contributed by atoms with Crippen molar-refractivity contribution < 1.29 is 18.7 Å². The van der Waals surface area contributed by atoms with Gasteiger partial charge < -0.3 is 14.1 Å². The van der Waals surface area contributed by atoms with Crippen LogP contribution in [0.25, 0.3) is 10.9 Å². The molecule has 0 radical (unpaired) electrons. The van der Waals surface area contributed by atoms with Gasteiger partial charge >= 0.3 is 5.97 Å². The van der Waals surface area contributed by atoms with E-state index in [2.05, 4.69) is 11.1 Å². The van der Waals surface area contributed by atoms with Crippen molar-refractivity contribution in [3.05, 3.63) is 93.7 Å². The van der Waals surface area contributed by atoms with E-state index < -0.39 is 5.97 Å². The maximum Gasteiger partial charge on any atom is 0.337 e. The zero-order chi connectivity index (χ0) is 24.4. The number of hydrogen-bond donors (Lipinski definition) is 0. The maximum atomic E-state index is 13.4. The molecule has 0 N–H and O–H groups in total. The van der Waals surface area contributed by atoms with Gasteiger partial charge in [-0.05, 0) is 47.9 Å². The predicted molar refractivity (Wildman–Crippen MR) is 131 cm³/mol. The number of hydrogen-bond acceptors (Lipinski definition) is 7. The molecule has 0 unspecified atom stereocenters. The minimum atomic E-state index is -0.511. The van der Waals surface area contributed by atoms with Crippen LogP contribution in [0.2, 0.25) is 0 Å². The molecule has 0 atom stereocenters. The van der Waals surface area contributed by atoms with Crippen molar-refractivity contribution >= 4 is 34.5 Å². The lowest BCUT2D eigenvalue weighted by Crippen LogP contribution is -2.37. The van der Waals surface area contributed by atoms with E-state index in [0.717, 1.165) is 12.0 Å². The fraction of sp³-hybridized carbons (Fsp3) is 0.231. The van der Waals surface area contributed by atoms with Gasteiger partial charge in [-0.25, -0.2) is 9.78 Å². The molecule has 0 saturated carbocycles. The molecule has 8 nitrogen and oxygen atoms in total. The van der Waals surface area contributed by atoms with Crippen LogP contribution in [0, 0.1) is 0 Å². The average molecular weight is 490 g/mol. The van der Waals surface area contributed by atoms with Gasteiger partial charge in [-0.2, -0.15) is 0 Å². The van der Waals surface area contributed by atoms with Crippen LogP contribution in [-0.4, -0.2) is 45.7 Å². The molecule has 2 aromatic carbocycles. The van der Waals surface area contributed by atoms with Gasteiger partial charge in [0.1, 0.15) is 5.76 Å². The molecule has 1 aliphatic heterocycles. The number of rotatable bonds is 6. The number of aromatic nitrogens is 2. The number of benzene rings is 2. The molecule has 0 aliphatic carbocycles. The topological polar surface area (TPSA) is 94.6 Å². The van der Waals surface area contributed by atoms with Crippen LogP contribution in [0.1, 0.15) is 27.2 Å². The Morgan fingerprint density at radius 3 is 2.71 bits per heavy atom. The standard InChI is InChI=1S/C26H23N3O5S/c1-33-25(32)18-8-9-21-22(13-18)27-26(29(24(21)31)15-20-7-4-12-34-20)35-16-23(30)28-11-10-17-5-2-3-6-19(17)14-28/h2-9,12-13H,10-11,14-16H2,1H3. The summed E-state index contributed by atoms with van der Waals surface area (Å²) >= 11 is 1.20. The highest BCUT2D eigenvalue weighted by Gasteiger charge is 2.22. The first-order valence-corrected chi connectivity index (χ1v) is 12.1. The van der Waals surface area contributed by atoms with Gasteiger partial charge in [-0.15, -0.1) is 0 Å². The fourth-order valence-corrected chi connectivity index (χ4v) is 5.08. The fourth-order valence-electron chi connectivity index (χ4n) is 4.18. The minimum Gasteiger partial charge on any atom is -0.467 e. The third-order valence-corrected chi connectivity index (χ3v) is 7.00. The molecule has 178 valence electrons. The number of ether oxygens (including phenoxy) is 1. The molecule has 4 aromatic rings. The molecule has 0 fully saturated rings. The SMILES string of the molecule is COC(=O)c1ccc2c(=O)n(Cc3ccco3)c(SCC(=O)N3CCc4ccccc4C3)nc2c1. The van der Waals surface area contributed by atoms with Crippen molar-refractivity contribution in [1.82, 2.24) is 14.5 Å². The molecular formula is C26H23N3O5S. The largest absolute Gasteiger partial charge is 0.467 e. The van der Waals surface area contributed by atoms with E-state index in [9.17, 15) is 14.4 Å². The van der Waals surface area contributed by atoms with Crippen molar-refractivity contribution in [2.24, 2.45) is 0 Å². The summed E-state index contributed by atoms with van der Waals surface area (Å²) in [6, 6.07) is 16.3. The van der Waals surface area contributed by atoms with E-state index in [1.807, 2.05) is 23.1 Å². The summed E-state index contributed by atoms with van der Waals surface area (Å²) in [4.78, 5) is 44.9. The summed E-state index contributed by atoms with van der Waals surface area (Å²) < 4.78 is 11.7. The Hall–Kier alpha value is -3.85. The van der Waals surface area contributed by atoms with Crippen LogP contribution >= 0.6 is 11.8 Å². The molecule has 0 saturated heterocycles. The normalized spacial score (nSPS) is 13.0. The summed E-state index contributed by atoms with van der Waals surface area (Å²) in [7, 11) is 1.30. The number of carbonyl (C=O) groups excluding carboxylic acids is 2. The molecule has 3 heterocycles. The van der Waals surface area contributed by atoms with Crippen molar-refractivity contribution in [1.29, 1.82) is 0 Å². The Kier molecular flexibility index (Phi) is 6.41. The lowest BCUT2D eigenvalue weighted by molar-refractivity contribution is -0.129. The molecule has 2 aromatic heterocycles. The first kappa shape index (κ1) is 22.9. The number of nitrogens with zero attached hydrogens (tertiary/aromatic N) is 3. The van der Waals surface area contributed by atoms with Crippen LogP contribution in [0.4, 0.5) is 0 Å². The zero-order valence-corrected chi connectivity index (χ0v) is 19.9. The van der Waals surface area contributed by atoms with Gasteiger partial charge in [0.25, 0.3) is 5.56 Å². The molecule has 1 amide bonds. The lowest BCUT2D eigenvalue weighted by Gasteiger charge is -2.28. The number of carbonyl (C=O) groups is 2. The molecule has 5 rings (SSSR count). The molecule has 35 heavy (non-hydrogen) atoms. The Bertz CT molecular complexity index is 1460. The summed E-state index contributed by atoms with van der Waals surface area (Å²) in [5.41, 5.74) is 2.83. The second-order valence-corrected chi connectivity index (χ2v) is 9.15. The Labute approximate surface area is 205 Å². The summed E-state index contributed by atoms with van der Waals surface area (Å²) in [6.07, 6.45) is 2.36. The Morgan fingerprint density at radius 2 is 1.94 bits per heavy atom. The molecule has 0 spiro atoms. The monoisotopic (exact) mass is 489 g/mol. The van der Waals surface area contributed by atoms with Gasteiger partial charge in [0.2, 0.25) is 5.91 Å². The molecular weight excluding hydrogens is 466 g/mol. The van der Waals surface area contributed by atoms with Crippen LogP contribution < -0.4 is 5.56 Å². The second kappa shape index (κ2) is 9.79. The van der Waals surface area contributed by atoms with Crippen LogP contribution in [-0.2, 0) is 29.0 Å². The molecule has 9 heteroatoms. The van der Waals surface area contributed by atoms with Gasteiger partial charge in [0, 0.05) is 13.1 Å². The van der Waals surface area contributed by atoms with Crippen LogP contribution in [0.15, 0.2) is 75.2 Å². The van der Waals surface area contributed by atoms with Gasteiger partial charge in [-0.3, -0.25) is 14.2 Å². The highest BCUT2D eigenvalue weighted by atomic mass is 32.2. The van der Waals surface area contributed by atoms with E-state index in [-0.39, 0.29) is 23.8 Å². The smallest absolute Gasteiger partial charge is 0.337 e. The van der Waals surface area contributed by atoms with Crippen molar-refractivity contribution in [3.8, 4) is 0 Å². The number of amides is 1. The number of furan rings is 1. The molecule has 0 bridgehead atoms. The first-order chi connectivity index (χ1) is 17.0. The Morgan fingerprint density at radius 1 is 1.11 bits per heavy atom. The number of esters is 1. The van der Waals surface area contributed by atoms with E-state index in [1.54, 1.807) is 30.5 Å². The maximum absolute atomic E-state index is 13.4. The number of thioether (sulfide) groups is 1. The summed E-state index contributed by atoms with van der Waals surface area (Å²) in [6.45, 7) is 1.41. The van der Waals surface area contributed by atoms with E-state index >= 15 is 0 Å². The van der Waals surface area contributed by atoms with E-state index in [4.69, 9.17) is 9.15 Å². The lowest BCUT2D eigenvalue weighted by atomic mass is 10.00. The van der Waals surface area contributed by atoms with Gasteiger partial charge in [0.05, 0.1) is 42.1 Å². The van der Waals surface area contributed by atoms with Gasteiger partial charge in [-0.1, -0.05) is 36.0 Å². The molecule has 1 aliphatic rings. The first-order valence-electron chi connectivity index (χ1n) is 11.2. The van der Waals surface area contributed by atoms with Crippen LogP contribution in [0.3, 0.4) is 0 Å². The minimum absolute atomic E-state index is 0.0216.